The van der Waals surface area contributed by atoms with Gasteiger partial charge in [-0.05, 0) is 0 Å². The first-order chi connectivity index (χ1) is 12.2. The third kappa shape index (κ3) is 18.6. The van der Waals surface area contributed by atoms with E-state index in [0.717, 1.165) is 6.54 Å². The number of carbonyl (C=O) groups is 1. The van der Waals surface area contributed by atoms with Gasteiger partial charge in [0.15, 0.2) is 12.4 Å². The molecule has 0 unspecified atom stereocenters. The SMILES string of the molecule is CCC[n+]1ccccc1.COCCOCCOCCOCCC(=O)[O-]. The third-order valence-corrected chi connectivity index (χ3v) is 2.89. The monoisotopic (exact) mass is 357 g/mol. The Labute approximate surface area is 150 Å². The van der Waals surface area contributed by atoms with E-state index in [0.29, 0.717) is 39.6 Å². The fraction of sp³-hybridized carbons (Fsp3) is 0.667. The number of rotatable bonds is 14. The van der Waals surface area contributed by atoms with E-state index in [-0.39, 0.29) is 13.0 Å². The first-order valence-electron chi connectivity index (χ1n) is 8.56. The van der Waals surface area contributed by atoms with Crippen LogP contribution in [0, 0.1) is 0 Å². The minimum atomic E-state index is -1.10. The lowest BCUT2D eigenvalue weighted by molar-refractivity contribution is -0.697. The Bertz CT molecular complexity index is 402. The molecule has 0 atom stereocenters. The predicted molar refractivity (Wildman–Crippen MR) is 90.9 cm³/mol. The minimum absolute atomic E-state index is 0.0832. The van der Waals surface area contributed by atoms with Crippen molar-refractivity contribution in [3.8, 4) is 0 Å². The van der Waals surface area contributed by atoms with Gasteiger partial charge in [-0.1, -0.05) is 13.0 Å². The molecule has 1 aromatic heterocycles. The van der Waals surface area contributed by atoms with Crippen molar-refractivity contribution in [3.05, 3.63) is 30.6 Å². The van der Waals surface area contributed by atoms with Gasteiger partial charge in [0, 0.05) is 38.1 Å². The lowest BCUT2D eigenvalue weighted by Gasteiger charge is -2.06. The first kappa shape index (κ1) is 23.5. The summed E-state index contributed by atoms with van der Waals surface area (Å²) in [7, 11) is 1.61. The molecule has 7 heteroatoms. The summed E-state index contributed by atoms with van der Waals surface area (Å²) in [6, 6.07) is 6.14. The van der Waals surface area contributed by atoms with Crippen LogP contribution in [0.4, 0.5) is 0 Å². The van der Waals surface area contributed by atoms with Crippen LogP contribution in [0.25, 0.3) is 0 Å². The zero-order valence-electron chi connectivity index (χ0n) is 15.4. The summed E-state index contributed by atoms with van der Waals surface area (Å²) in [4.78, 5) is 10.0. The molecule has 1 rings (SSSR count). The van der Waals surface area contributed by atoms with Crippen LogP contribution in [0.5, 0.6) is 0 Å². The van der Waals surface area contributed by atoms with Crippen molar-refractivity contribution in [2.75, 3.05) is 53.4 Å². The van der Waals surface area contributed by atoms with Crippen molar-refractivity contribution in [2.24, 2.45) is 0 Å². The molecule has 0 spiro atoms. The van der Waals surface area contributed by atoms with Crippen molar-refractivity contribution in [1.29, 1.82) is 0 Å². The average Bonchev–Trinajstić information content (AvgIpc) is 2.61. The fourth-order valence-corrected chi connectivity index (χ4v) is 1.68. The summed E-state index contributed by atoms with van der Waals surface area (Å²) in [5.74, 6) is -1.10. The van der Waals surface area contributed by atoms with E-state index in [1.807, 2.05) is 6.07 Å². The van der Waals surface area contributed by atoms with Gasteiger partial charge in [0.1, 0.15) is 6.54 Å². The Morgan fingerprint density at radius 1 is 0.880 bits per heavy atom. The van der Waals surface area contributed by atoms with Crippen molar-refractivity contribution < 1.29 is 33.4 Å². The standard InChI is InChI=1S/C10H20O6.C8H12N/c1-13-4-5-15-8-9-16-7-6-14-3-2-10(11)12;1-2-6-9-7-4-3-5-8-9/h2-9H2,1H3,(H,11,12);3-5,7-8H,2,6H2,1H3/q;+1/p-1. The molecule has 0 fully saturated rings. The average molecular weight is 357 g/mol. The summed E-state index contributed by atoms with van der Waals surface area (Å²) in [5, 5.41) is 10.0. The number of aromatic nitrogens is 1. The molecule has 0 aliphatic carbocycles. The van der Waals surface area contributed by atoms with Crippen LogP contribution in [0.1, 0.15) is 19.8 Å². The Hall–Kier alpha value is -1.54. The number of methoxy groups -OCH3 is 1. The van der Waals surface area contributed by atoms with Crippen LogP contribution < -0.4 is 9.67 Å². The van der Waals surface area contributed by atoms with Crippen LogP contribution in [-0.2, 0) is 30.3 Å². The smallest absolute Gasteiger partial charge is 0.168 e. The van der Waals surface area contributed by atoms with Crippen LogP contribution in [-0.4, -0.2) is 59.3 Å². The minimum Gasteiger partial charge on any atom is -0.550 e. The third-order valence-electron chi connectivity index (χ3n) is 2.89. The zero-order valence-corrected chi connectivity index (χ0v) is 15.4. The molecule has 144 valence electrons. The molecule has 0 amide bonds. The quantitative estimate of drug-likeness (QED) is 0.350. The molecule has 1 aromatic rings. The van der Waals surface area contributed by atoms with Crippen LogP contribution in [0.3, 0.4) is 0 Å². The van der Waals surface area contributed by atoms with E-state index in [2.05, 4.69) is 36.0 Å². The van der Waals surface area contributed by atoms with Gasteiger partial charge in [-0.3, -0.25) is 0 Å². The highest BCUT2D eigenvalue weighted by Gasteiger charge is 1.92. The predicted octanol–water partition coefficient (Wildman–Crippen LogP) is 0.207. The highest BCUT2D eigenvalue weighted by Crippen LogP contribution is 1.84. The number of carbonyl (C=O) groups excluding carboxylic acids is 1. The maximum Gasteiger partial charge on any atom is 0.168 e. The summed E-state index contributed by atoms with van der Waals surface area (Å²) in [6.07, 6.45) is 5.29. The van der Waals surface area contributed by atoms with Gasteiger partial charge in [-0.15, -0.1) is 0 Å². The fourth-order valence-electron chi connectivity index (χ4n) is 1.68. The molecule has 0 aliphatic rings. The van der Waals surface area contributed by atoms with Gasteiger partial charge in [0.05, 0.1) is 46.2 Å². The summed E-state index contributed by atoms with van der Waals surface area (Å²) < 4.78 is 22.3. The second-order valence-electron chi connectivity index (χ2n) is 5.07. The Balaban J connectivity index is 0.000000535. The molecule has 0 aliphatic heterocycles. The van der Waals surface area contributed by atoms with E-state index < -0.39 is 5.97 Å². The van der Waals surface area contributed by atoms with Crippen molar-refractivity contribution in [3.63, 3.8) is 0 Å². The first-order valence-corrected chi connectivity index (χ1v) is 8.56. The van der Waals surface area contributed by atoms with Gasteiger partial charge < -0.3 is 28.8 Å². The molecule has 0 bridgehead atoms. The molecule has 0 N–H and O–H groups in total. The molecule has 7 nitrogen and oxygen atoms in total. The van der Waals surface area contributed by atoms with Crippen LogP contribution >= 0.6 is 0 Å². The van der Waals surface area contributed by atoms with Gasteiger partial charge in [-0.2, -0.15) is 0 Å². The summed E-state index contributed by atoms with van der Waals surface area (Å²) in [5.41, 5.74) is 0. The maximum atomic E-state index is 10.0. The van der Waals surface area contributed by atoms with Crippen LogP contribution in [0.15, 0.2) is 30.6 Å². The summed E-state index contributed by atoms with van der Waals surface area (Å²) >= 11 is 0. The van der Waals surface area contributed by atoms with Crippen molar-refractivity contribution >= 4 is 5.97 Å². The highest BCUT2D eigenvalue weighted by atomic mass is 16.6. The van der Waals surface area contributed by atoms with Gasteiger partial charge in [0.25, 0.3) is 0 Å². The molecule has 25 heavy (non-hydrogen) atoms. The van der Waals surface area contributed by atoms with E-state index in [1.54, 1.807) is 7.11 Å². The number of pyridine rings is 1. The highest BCUT2D eigenvalue weighted by molar-refractivity contribution is 5.64. The largest absolute Gasteiger partial charge is 0.550 e. The molecular formula is C18H31NO6. The number of aliphatic carboxylic acids is 1. The normalized spacial score (nSPS) is 10.2. The number of nitrogens with zero attached hydrogens (tertiary/aromatic N) is 1. The number of hydrogen-bond acceptors (Lipinski definition) is 6. The van der Waals surface area contributed by atoms with Gasteiger partial charge in [-0.25, -0.2) is 4.57 Å². The molecule has 0 saturated carbocycles. The number of ether oxygens (including phenoxy) is 4. The molecule has 0 radical (unpaired) electrons. The lowest BCUT2D eigenvalue weighted by Crippen LogP contribution is -2.31. The second kappa shape index (κ2) is 18.8. The lowest BCUT2D eigenvalue weighted by atomic mass is 10.4. The molecule has 0 saturated heterocycles. The number of carboxylic acids is 1. The Kier molecular flexibility index (Phi) is 17.6. The zero-order chi connectivity index (χ0) is 18.6. The second-order valence-corrected chi connectivity index (χ2v) is 5.07. The molecule has 1 heterocycles. The van der Waals surface area contributed by atoms with E-state index in [1.165, 1.54) is 6.42 Å². The van der Waals surface area contributed by atoms with Crippen LogP contribution in [0.2, 0.25) is 0 Å². The summed E-state index contributed by atoms with van der Waals surface area (Å²) in [6.45, 7) is 6.42. The van der Waals surface area contributed by atoms with E-state index in [9.17, 15) is 9.90 Å². The number of hydrogen-bond donors (Lipinski definition) is 0. The number of aryl methyl sites for hydroxylation is 1. The van der Waals surface area contributed by atoms with Crippen molar-refractivity contribution in [2.45, 2.75) is 26.3 Å². The Morgan fingerprint density at radius 3 is 1.88 bits per heavy atom. The Morgan fingerprint density at radius 2 is 1.40 bits per heavy atom. The van der Waals surface area contributed by atoms with Crippen molar-refractivity contribution in [1.82, 2.24) is 0 Å². The molecular weight excluding hydrogens is 326 g/mol. The van der Waals surface area contributed by atoms with E-state index in [4.69, 9.17) is 18.9 Å². The van der Waals surface area contributed by atoms with Gasteiger partial charge >= 0.3 is 0 Å². The topological polar surface area (TPSA) is 80.9 Å². The maximum absolute atomic E-state index is 10.0. The number of carboxylic acid groups (broad SMARTS) is 1. The van der Waals surface area contributed by atoms with E-state index >= 15 is 0 Å². The van der Waals surface area contributed by atoms with Gasteiger partial charge in [0.2, 0.25) is 0 Å². The molecule has 0 aromatic carbocycles.